The molecule has 0 aliphatic carbocycles. The molecule has 3 atom stereocenters. The number of piperidine rings is 1. The number of hydrogen-bond donors (Lipinski definition) is 1. The first-order valence-corrected chi connectivity index (χ1v) is 9.14. The summed E-state index contributed by atoms with van der Waals surface area (Å²) in [6.07, 6.45) is -3.40. The lowest BCUT2D eigenvalue weighted by atomic mass is 9.86. The van der Waals surface area contributed by atoms with Crippen molar-refractivity contribution in [1.29, 1.82) is 0 Å². The highest BCUT2D eigenvalue weighted by molar-refractivity contribution is 6.31. The lowest BCUT2D eigenvalue weighted by Gasteiger charge is -2.42. The van der Waals surface area contributed by atoms with Crippen molar-refractivity contribution in [2.45, 2.75) is 37.6 Å². The molecule has 2 fully saturated rings. The van der Waals surface area contributed by atoms with Crippen LogP contribution in [0.1, 0.15) is 36.1 Å². The number of amides is 1. The number of nitrogens with zero attached hydrogens (tertiary/aromatic N) is 1. The zero-order valence-electron chi connectivity index (χ0n) is 14.3. The Morgan fingerprint density at radius 2 is 2.19 bits per heavy atom. The van der Waals surface area contributed by atoms with E-state index in [4.69, 9.17) is 16.3 Å². The topological polar surface area (TPSA) is 41.6 Å². The molecular formula is C18H20ClF3N2O2. The molecule has 3 aliphatic rings. The highest BCUT2D eigenvalue weighted by Crippen LogP contribution is 2.42. The number of ether oxygens (including phenoxy) is 1. The minimum atomic E-state index is -4.44. The van der Waals surface area contributed by atoms with Crippen LogP contribution in [0.2, 0.25) is 5.02 Å². The van der Waals surface area contributed by atoms with Crippen LogP contribution in [0.3, 0.4) is 0 Å². The fourth-order valence-electron chi connectivity index (χ4n) is 4.46. The Labute approximate surface area is 154 Å². The van der Waals surface area contributed by atoms with Crippen molar-refractivity contribution in [2.75, 3.05) is 26.2 Å². The first-order chi connectivity index (χ1) is 12.2. The number of rotatable bonds is 1. The average Bonchev–Trinajstić information content (AvgIpc) is 2.88. The smallest absolute Gasteiger partial charge is 0.363 e. The molecule has 1 N–H and O–H groups in total. The third-order valence-electron chi connectivity index (χ3n) is 5.76. The Bertz CT molecular complexity index is 751. The van der Waals surface area contributed by atoms with E-state index in [0.717, 1.165) is 18.7 Å². The number of hydrogen-bond acceptors (Lipinski definition) is 3. The van der Waals surface area contributed by atoms with Crippen molar-refractivity contribution in [1.82, 2.24) is 10.2 Å². The van der Waals surface area contributed by atoms with Gasteiger partial charge in [-0.05, 0) is 48.9 Å². The SMILES string of the molecule is C[C@H]1c2c(Cl)cc(C(F)(F)F)cc2CCN1C(=O)[C@]12CNC[C@@H](CO1)C2. The molecule has 3 aliphatic heterocycles. The fourth-order valence-corrected chi connectivity index (χ4v) is 4.86. The second-order valence-electron chi connectivity index (χ2n) is 7.46. The van der Waals surface area contributed by atoms with Gasteiger partial charge in [0.1, 0.15) is 0 Å². The van der Waals surface area contributed by atoms with Crippen molar-refractivity contribution in [3.8, 4) is 0 Å². The van der Waals surface area contributed by atoms with Crippen LogP contribution in [0, 0.1) is 5.92 Å². The van der Waals surface area contributed by atoms with Crippen LogP contribution in [0.25, 0.3) is 0 Å². The summed E-state index contributed by atoms with van der Waals surface area (Å²) in [5, 5.41) is 3.31. The van der Waals surface area contributed by atoms with E-state index in [9.17, 15) is 18.0 Å². The van der Waals surface area contributed by atoms with Crippen LogP contribution in [0.5, 0.6) is 0 Å². The van der Waals surface area contributed by atoms with Crippen LogP contribution in [-0.4, -0.2) is 42.6 Å². The second kappa shape index (κ2) is 6.11. The van der Waals surface area contributed by atoms with Crippen molar-refractivity contribution >= 4 is 17.5 Å². The van der Waals surface area contributed by atoms with Crippen molar-refractivity contribution in [3.05, 3.63) is 33.8 Å². The van der Waals surface area contributed by atoms with E-state index in [2.05, 4.69) is 5.32 Å². The number of benzene rings is 1. The van der Waals surface area contributed by atoms with Gasteiger partial charge in [-0.3, -0.25) is 4.79 Å². The molecule has 1 aromatic carbocycles. The Morgan fingerprint density at radius 3 is 2.92 bits per heavy atom. The number of nitrogens with one attached hydrogen (secondary N) is 1. The maximum absolute atomic E-state index is 13.2. The van der Waals surface area contributed by atoms with E-state index in [0.29, 0.717) is 49.6 Å². The minimum Gasteiger partial charge on any atom is -0.363 e. The van der Waals surface area contributed by atoms with E-state index in [1.165, 1.54) is 0 Å². The number of fused-ring (bicyclic) bond motifs is 3. The van der Waals surface area contributed by atoms with E-state index in [-0.39, 0.29) is 17.0 Å². The summed E-state index contributed by atoms with van der Waals surface area (Å²) in [7, 11) is 0. The molecule has 0 spiro atoms. The monoisotopic (exact) mass is 388 g/mol. The molecule has 1 amide bonds. The van der Waals surface area contributed by atoms with Gasteiger partial charge in [-0.2, -0.15) is 13.2 Å². The molecule has 0 radical (unpaired) electrons. The van der Waals surface area contributed by atoms with E-state index < -0.39 is 17.3 Å². The van der Waals surface area contributed by atoms with Gasteiger partial charge >= 0.3 is 6.18 Å². The van der Waals surface area contributed by atoms with Crippen LogP contribution in [0.15, 0.2) is 12.1 Å². The Hall–Kier alpha value is -1.31. The molecule has 3 heterocycles. The van der Waals surface area contributed by atoms with Crippen molar-refractivity contribution in [3.63, 3.8) is 0 Å². The van der Waals surface area contributed by atoms with Crippen LogP contribution >= 0.6 is 11.6 Å². The predicted octanol–water partition coefficient (Wildman–Crippen LogP) is 3.18. The summed E-state index contributed by atoms with van der Waals surface area (Å²) in [6.45, 7) is 4.06. The molecular weight excluding hydrogens is 369 g/mol. The van der Waals surface area contributed by atoms with Gasteiger partial charge in [0, 0.05) is 24.7 Å². The molecule has 0 saturated carbocycles. The summed E-state index contributed by atoms with van der Waals surface area (Å²) >= 11 is 6.20. The number of halogens is 4. The maximum Gasteiger partial charge on any atom is 0.416 e. The molecule has 0 aromatic heterocycles. The summed E-state index contributed by atoms with van der Waals surface area (Å²) in [4.78, 5) is 14.9. The summed E-state index contributed by atoms with van der Waals surface area (Å²) < 4.78 is 45.0. The van der Waals surface area contributed by atoms with E-state index in [1.807, 2.05) is 6.92 Å². The quantitative estimate of drug-likeness (QED) is 0.803. The largest absolute Gasteiger partial charge is 0.416 e. The normalized spacial score (nSPS) is 31.0. The molecule has 142 valence electrons. The van der Waals surface area contributed by atoms with Gasteiger partial charge in [0.25, 0.3) is 5.91 Å². The Balaban J connectivity index is 1.64. The van der Waals surface area contributed by atoms with Gasteiger partial charge in [0.2, 0.25) is 0 Å². The molecule has 4 rings (SSSR count). The molecule has 2 bridgehead atoms. The van der Waals surface area contributed by atoms with Crippen LogP contribution in [-0.2, 0) is 22.1 Å². The number of alkyl halides is 3. The predicted molar refractivity (Wildman–Crippen MR) is 89.9 cm³/mol. The third kappa shape index (κ3) is 2.80. The molecule has 0 unspecified atom stereocenters. The van der Waals surface area contributed by atoms with Gasteiger partial charge in [0.05, 0.1) is 18.2 Å². The van der Waals surface area contributed by atoms with E-state index in [1.54, 1.807) is 4.90 Å². The molecule has 26 heavy (non-hydrogen) atoms. The fraction of sp³-hybridized carbons (Fsp3) is 0.611. The zero-order chi connectivity index (χ0) is 18.7. The first kappa shape index (κ1) is 18.1. The zero-order valence-corrected chi connectivity index (χ0v) is 15.1. The van der Waals surface area contributed by atoms with Gasteiger partial charge in [-0.25, -0.2) is 0 Å². The molecule has 1 aromatic rings. The lowest BCUT2D eigenvalue weighted by molar-refractivity contribution is -0.155. The molecule has 4 nitrogen and oxygen atoms in total. The third-order valence-corrected chi connectivity index (χ3v) is 6.07. The molecule has 8 heteroatoms. The van der Waals surface area contributed by atoms with Crippen molar-refractivity contribution in [2.24, 2.45) is 5.92 Å². The minimum absolute atomic E-state index is 0.0595. The van der Waals surface area contributed by atoms with Gasteiger partial charge in [-0.15, -0.1) is 0 Å². The molecule has 2 saturated heterocycles. The summed E-state index contributed by atoms with van der Waals surface area (Å²) in [6, 6.07) is 1.72. The van der Waals surface area contributed by atoms with Crippen LogP contribution in [0.4, 0.5) is 13.2 Å². The van der Waals surface area contributed by atoms with Gasteiger partial charge in [0.15, 0.2) is 5.60 Å². The van der Waals surface area contributed by atoms with E-state index >= 15 is 0 Å². The summed E-state index contributed by atoms with van der Waals surface area (Å²) in [5.41, 5.74) is -0.433. The first-order valence-electron chi connectivity index (χ1n) is 8.76. The summed E-state index contributed by atoms with van der Waals surface area (Å²) in [5.74, 6) is 0.235. The van der Waals surface area contributed by atoms with Crippen LogP contribution < -0.4 is 5.32 Å². The number of carbonyl (C=O) groups is 1. The lowest BCUT2D eigenvalue weighted by Crippen LogP contribution is -2.57. The Morgan fingerprint density at radius 1 is 1.42 bits per heavy atom. The average molecular weight is 389 g/mol. The Kier molecular flexibility index (Phi) is 4.24. The second-order valence-corrected chi connectivity index (χ2v) is 7.87. The maximum atomic E-state index is 13.2. The van der Waals surface area contributed by atoms with Crippen molar-refractivity contribution < 1.29 is 22.7 Å². The van der Waals surface area contributed by atoms with Gasteiger partial charge < -0.3 is 15.0 Å². The highest BCUT2D eigenvalue weighted by Gasteiger charge is 2.52. The van der Waals surface area contributed by atoms with Gasteiger partial charge in [-0.1, -0.05) is 11.6 Å². The highest BCUT2D eigenvalue weighted by atomic mass is 35.5. The number of carbonyl (C=O) groups excluding carboxylic acids is 1. The standard InChI is InChI=1S/C18H20ClF3N2O2/c1-10-15-12(4-13(5-14(15)19)18(20,21)22)2-3-24(10)16(25)17-6-11(8-26-17)7-23-9-17/h4-5,10-11,23H,2-3,6-9H2,1H3/t10-,11-,17-/m0/s1.